The lowest BCUT2D eigenvalue weighted by molar-refractivity contribution is -0.144. The highest BCUT2D eigenvalue weighted by molar-refractivity contribution is 6.35. The number of carbonyl (C=O) groups is 2. The van der Waals surface area contributed by atoms with Crippen molar-refractivity contribution in [2.75, 3.05) is 32.8 Å². The van der Waals surface area contributed by atoms with Crippen molar-refractivity contribution in [2.24, 2.45) is 0 Å². The lowest BCUT2D eigenvalue weighted by atomic mass is 10.2. The van der Waals surface area contributed by atoms with Crippen LogP contribution in [0.4, 0.5) is 0 Å². The van der Waals surface area contributed by atoms with Crippen LogP contribution in [0, 0.1) is 0 Å². The average Bonchev–Trinajstić information content (AvgIpc) is 3.15. The van der Waals surface area contributed by atoms with E-state index in [4.69, 9.17) is 27.9 Å². The van der Waals surface area contributed by atoms with Crippen LogP contribution < -0.4 is 0 Å². The van der Waals surface area contributed by atoms with Crippen LogP contribution in [0.2, 0.25) is 10.0 Å². The van der Waals surface area contributed by atoms with E-state index in [1.807, 2.05) is 0 Å². The Kier molecular flexibility index (Phi) is 5.99. The third-order valence-electron chi connectivity index (χ3n) is 4.48. The van der Waals surface area contributed by atoms with Gasteiger partial charge in [-0.25, -0.2) is 0 Å². The molecular formula is C18H20Cl2N2O3. The Morgan fingerprint density at radius 3 is 2.48 bits per heavy atom. The molecule has 1 aromatic rings. The van der Waals surface area contributed by atoms with Crippen LogP contribution in [0.3, 0.4) is 0 Å². The molecule has 7 heteroatoms. The molecule has 25 heavy (non-hydrogen) atoms. The number of piperazine rings is 1. The summed E-state index contributed by atoms with van der Waals surface area (Å²) >= 11 is 12.0. The highest BCUT2D eigenvalue weighted by Crippen LogP contribution is 2.22. The molecule has 2 amide bonds. The zero-order chi connectivity index (χ0) is 17.8. The van der Waals surface area contributed by atoms with Gasteiger partial charge in [0.05, 0.1) is 0 Å². The van der Waals surface area contributed by atoms with E-state index in [0.717, 1.165) is 18.4 Å². The van der Waals surface area contributed by atoms with Gasteiger partial charge in [-0.15, -0.1) is 0 Å². The molecule has 3 rings (SSSR count). The summed E-state index contributed by atoms with van der Waals surface area (Å²) in [5.74, 6) is -0.0386. The Morgan fingerprint density at radius 1 is 1.12 bits per heavy atom. The minimum Gasteiger partial charge on any atom is -0.368 e. The Labute approximate surface area is 157 Å². The Hall–Kier alpha value is -1.56. The third-order valence-corrected chi connectivity index (χ3v) is 5.04. The Bertz CT molecular complexity index is 679. The molecule has 1 aromatic carbocycles. The summed E-state index contributed by atoms with van der Waals surface area (Å²) in [5.41, 5.74) is 0.742. The van der Waals surface area contributed by atoms with Gasteiger partial charge in [-0.2, -0.15) is 0 Å². The predicted octanol–water partition coefficient (Wildman–Crippen LogP) is 2.86. The second kappa shape index (κ2) is 8.21. The zero-order valence-electron chi connectivity index (χ0n) is 13.8. The smallest absolute Gasteiger partial charge is 0.251 e. The Balaban J connectivity index is 1.52. The molecule has 0 aliphatic carbocycles. The number of benzene rings is 1. The first-order chi connectivity index (χ1) is 12.0. The molecule has 2 aliphatic rings. The molecule has 0 N–H and O–H groups in total. The van der Waals surface area contributed by atoms with E-state index in [9.17, 15) is 9.59 Å². The minimum atomic E-state index is -0.297. The van der Waals surface area contributed by atoms with Crippen LogP contribution >= 0.6 is 23.2 Å². The van der Waals surface area contributed by atoms with Gasteiger partial charge in [0.1, 0.15) is 6.10 Å². The fourth-order valence-corrected chi connectivity index (χ4v) is 3.50. The van der Waals surface area contributed by atoms with Gasteiger partial charge in [-0.3, -0.25) is 9.59 Å². The number of halogens is 2. The minimum absolute atomic E-state index is 0.0492. The maximum absolute atomic E-state index is 12.3. The lowest BCUT2D eigenvalue weighted by Crippen LogP contribution is -2.52. The summed E-state index contributed by atoms with van der Waals surface area (Å²) in [4.78, 5) is 28.2. The molecule has 0 radical (unpaired) electrons. The molecular weight excluding hydrogens is 363 g/mol. The number of amides is 2. The standard InChI is InChI=1S/C18H20Cl2N2O3/c19-14-5-3-13(15(20)12-14)4-6-17(23)21-7-9-22(10-8-21)18(24)16-2-1-11-25-16/h3-6,12,16H,1-2,7-11H2. The lowest BCUT2D eigenvalue weighted by Gasteiger charge is -2.35. The van der Waals surface area contributed by atoms with E-state index in [1.54, 1.807) is 34.1 Å². The number of carbonyl (C=O) groups excluding carboxylic acids is 2. The topological polar surface area (TPSA) is 49.9 Å². The molecule has 2 fully saturated rings. The molecule has 1 atom stereocenters. The van der Waals surface area contributed by atoms with Gasteiger partial charge in [0.15, 0.2) is 0 Å². The predicted molar refractivity (Wildman–Crippen MR) is 97.6 cm³/mol. The first-order valence-electron chi connectivity index (χ1n) is 8.37. The first kappa shape index (κ1) is 18.2. The van der Waals surface area contributed by atoms with Crippen LogP contribution in [-0.2, 0) is 14.3 Å². The highest BCUT2D eigenvalue weighted by atomic mass is 35.5. The van der Waals surface area contributed by atoms with Crippen molar-refractivity contribution in [2.45, 2.75) is 18.9 Å². The number of rotatable bonds is 3. The van der Waals surface area contributed by atoms with Crippen LogP contribution in [-0.4, -0.2) is 60.5 Å². The molecule has 0 saturated carbocycles. The normalized spacial score (nSPS) is 21.1. The summed E-state index contributed by atoms with van der Waals surface area (Å²) in [6.45, 7) is 2.79. The van der Waals surface area contributed by atoms with E-state index in [1.165, 1.54) is 6.08 Å². The van der Waals surface area contributed by atoms with Gasteiger partial charge >= 0.3 is 0 Å². The van der Waals surface area contributed by atoms with Crippen molar-refractivity contribution in [3.63, 3.8) is 0 Å². The van der Waals surface area contributed by atoms with Gasteiger partial charge < -0.3 is 14.5 Å². The summed E-state index contributed by atoms with van der Waals surface area (Å²) in [6.07, 6.45) is 4.63. The molecule has 2 saturated heterocycles. The van der Waals surface area contributed by atoms with Crippen molar-refractivity contribution in [3.05, 3.63) is 39.9 Å². The zero-order valence-corrected chi connectivity index (χ0v) is 15.3. The van der Waals surface area contributed by atoms with Gasteiger partial charge in [-0.1, -0.05) is 29.3 Å². The highest BCUT2D eigenvalue weighted by Gasteiger charge is 2.30. The van der Waals surface area contributed by atoms with Crippen molar-refractivity contribution in [3.8, 4) is 0 Å². The first-order valence-corrected chi connectivity index (χ1v) is 9.12. The van der Waals surface area contributed by atoms with Crippen LogP contribution in [0.15, 0.2) is 24.3 Å². The van der Waals surface area contributed by atoms with Crippen molar-refractivity contribution in [1.29, 1.82) is 0 Å². The van der Waals surface area contributed by atoms with Gasteiger partial charge in [0, 0.05) is 48.9 Å². The van der Waals surface area contributed by atoms with E-state index >= 15 is 0 Å². The van der Waals surface area contributed by atoms with Crippen LogP contribution in [0.1, 0.15) is 18.4 Å². The quantitative estimate of drug-likeness (QED) is 0.755. The molecule has 1 unspecified atom stereocenters. The van der Waals surface area contributed by atoms with Crippen molar-refractivity contribution < 1.29 is 14.3 Å². The SMILES string of the molecule is O=C(C=Cc1ccc(Cl)cc1Cl)N1CCN(C(=O)C2CCCO2)CC1. The van der Waals surface area contributed by atoms with Crippen LogP contribution in [0.25, 0.3) is 6.08 Å². The third kappa shape index (κ3) is 4.54. The average molecular weight is 383 g/mol. The van der Waals surface area contributed by atoms with Gasteiger partial charge in [-0.05, 0) is 36.6 Å². The van der Waals surface area contributed by atoms with E-state index in [-0.39, 0.29) is 17.9 Å². The number of ether oxygens (including phenoxy) is 1. The fraction of sp³-hybridized carbons (Fsp3) is 0.444. The largest absolute Gasteiger partial charge is 0.368 e. The van der Waals surface area contributed by atoms with Crippen LogP contribution in [0.5, 0.6) is 0 Å². The van der Waals surface area contributed by atoms with E-state index in [2.05, 4.69) is 0 Å². The second-order valence-electron chi connectivity index (χ2n) is 6.15. The summed E-state index contributed by atoms with van der Waals surface area (Å²) in [5, 5.41) is 1.06. The summed E-state index contributed by atoms with van der Waals surface area (Å²) < 4.78 is 5.44. The van der Waals surface area contributed by atoms with Gasteiger partial charge in [0.2, 0.25) is 5.91 Å². The fourth-order valence-electron chi connectivity index (χ4n) is 3.03. The molecule has 2 heterocycles. The van der Waals surface area contributed by atoms with Crippen molar-refractivity contribution in [1.82, 2.24) is 9.80 Å². The molecule has 2 aliphatic heterocycles. The summed E-state index contributed by atoms with van der Waals surface area (Å²) in [7, 11) is 0. The Morgan fingerprint density at radius 2 is 1.84 bits per heavy atom. The molecule has 5 nitrogen and oxygen atoms in total. The van der Waals surface area contributed by atoms with E-state index < -0.39 is 0 Å². The summed E-state index contributed by atoms with van der Waals surface area (Å²) in [6, 6.07) is 5.14. The number of hydrogen-bond donors (Lipinski definition) is 0. The molecule has 0 aromatic heterocycles. The molecule has 0 bridgehead atoms. The van der Waals surface area contributed by atoms with Gasteiger partial charge in [0.25, 0.3) is 5.91 Å². The monoisotopic (exact) mass is 382 g/mol. The molecule has 0 spiro atoms. The number of nitrogens with zero attached hydrogens (tertiary/aromatic N) is 2. The molecule has 134 valence electrons. The second-order valence-corrected chi connectivity index (χ2v) is 7.00. The maximum Gasteiger partial charge on any atom is 0.251 e. The van der Waals surface area contributed by atoms with E-state index in [0.29, 0.717) is 42.8 Å². The number of hydrogen-bond acceptors (Lipinski definition) is 3. The van der Waals surface area contributed by atoms with Crippen molar-refractivity contribution >= 4 is 41.1 Å². The maximum atomic E-state index is 12.3.